The molecule has 0 heterocycles. The smallest absolute Gasteiger partial charge is 0.224 e. The summed E-state index contributed by atoms with van der Waals surface area (Å²) in [5.74, 6) is 0.375. The van der Waals surface area contributed by atoms with Gasteiger partial charge in [0.2, 0.25) is 5.91 Å². The molecule has 0 atom stereocenters. The van der Waals surface area contributed by atoms with E-state index in [-0.39, 0.29) is 42.1 Å². The average molecular weight is 450 g/mol. The van der Waals surface area contributed by atoms with E-state index < -0.39 is 0 Å². The molecule has 0 aliphatic rings. The van der Waals surface area contributed by atoms with Crippen LogP contribution in [0.15, 0.2) is 29.3 Å². The Kier molecular flexibility index (Phi) is 12.2. The largest absolute Gasteiger partial charge is 0.354 e. The number of guanidine groups is 1. The summed E-state index contributed by atoms with van der Waals surface area (Å²) in [6.45, 7) is 4.19. The van der Waals surface area contributed by atoms with Gasteiger partial charge in [0.25, 0.3) is 0 Å². The molecule has 0 radical (unpaired) electrons. The van der Waals surface area contributed by atoms with E-state index in [1.54, 1.807) is 19.2 Å². The van der Waals surface area contributed by atoms with E-state index in [0.29, 0.717) is 18.7 Å². The van der Waals surface area contributed by atoms with Crippen molar-refractivity contribution in [2.45, 2.75) is 26.2 Å². The molecule has 5 nitrogen and oxygen atoms in total. The second kappa shape index (κ2) is 13.0. The zero-order chi connectivity index (χ0) is 17.1. The minimum atomic E-state index is -0.323. The van der Waals surface area contributed by atoms with Gasteiger partial charge in [-0.3, -0.25) is 9.79 Å². The van der Waals surface area contributed by atoms with Gasteiger partial charge in [-0.2, -0.15) is 0 Å². The van der Waals surface area contributed by atoms with E-state index in [9.17, 15) is 9.18 Å². The Morgan fingerprint density at radius 1 is 1.29 bits per heavy atom. The van der Waals surface area contributed by atoms with Crippen LogP contribution in [0.1, 0.15) is 25.3 Å². The molecule has 24 heavy (non-hydrogen) atoms. The molecule has 0 saturated heterocycles. The van der Waals surface area contributed by atoms with Crippen LogP contribution in [0.5, 0.6) is 0 Å². The number of halogens is 2. The van der Waals surface area contributed by atoms with Crippen LogP contribution in [0.4, 0.5) is 4.39 Å². The molecule has 0 saturated carbocycles. The first kappa shape index (κ1) is 22.6. The highest BCUT2D eigenvalue weighted by Gasteiger charge is 2.06. The van der Waals surface area contributed by atoms with Gasteiger partial charge in [0.05, 0.1) is 6.42 Å². The maximum Gasteiger partial charge on any atom is 0.224 e. The molecule has 7 heteroatoms. The van der Waals surface area contributed by atoms with Crippen LogP contribution in [0, 0.1) is 5.82 Å². The zero-order valence-corrected chi connectivity index (χ0v) is 17.0. The van der Waals surface area contributed by atoms with E-state index in [1.165, 1.54) is 12.1 Å². The van der Waals surface area contributed by atoms with Gasteiger partial charge in [-0.25, -0.2) is 4.39 Å². The molecule has 1 amide bonds. The van der Waals surface area contributed by atoms with Crippen molar-refractivity contribution in [3.63, 3.8) is 0 Å². The number of rotatable bonds is 8. The van der Waals surface area contributed by atoms with Crippen LogP contribution < -0.4 is 10.6 Å². The van der Waals surface area contributed by atoms with Gasteiger partial charge in [-0.05, 0) is 24.1 Å². The lowest BCUT2D eigenvalue weighted by molar-refractivity contribution is -0.120. The molecule has 1 aromatic rings. The number of amides is 1. The summed E-state index contributed by atoms with van der Waals surface area (Å²) in [5, 5.41) is 6.02. The first-order chi connectivity index (χ1) is 11.1. The van der Waals surface area contributed by atoms with Crippen molar-refractivity contribution in [2.75, 3.05) is 33.7 Å². The average Bonchev–Trinajstić information content (AvgIpc) is 2.52. The van der Waals surface area contributed by atoms with Crippen molar-refractivity contribution in [3.8, 4) is 0 Å². The minimum absolute atomic E-state index is 0. The van der Waals surface area contributed by atoms with Crippen LogP contribution in [0.3, 0.4) is 0 Å². The SMILES string of the molecule is CCCCN(C)C(=NC)NCCNC(=O)Cc1cccc(F)c1.I. The molecule has 1 aromatic carbocycles. The number of carbonyl (C=O) groups is 1. The molecule has 0 unspecified atom stereocenters. The summed E-state index contributed by atoms with van der Waals surface area (Å²) in [7, 11) is 3.74. The third kappa shape index (κ3) is 9.05. The Balaban J connectivity index is 0.00000529. The van der Waals surface area contributed by atoms with Crippen molar-refractivity contribution in [1.82, 2.24) is 15.5 Å². The molecular weight excluding hydrogens is 422 g/mol. The van der Waals surface area contributed by atoms with Gasteiger partial charge >= 0.3 is 0 Å². The van der Waals surface area contributed by atoms with Gasteiger partial charge in [0.15, 0.2) is 5.96 Å². The number of hydrogen-bond acceptors (Lipinski definition) is 2. The van der Waals surface area contributed by atoms with E-state index in [4.69, 9.17) is 0 Å². The maximum absolute atomic E-state index is 13.1. The summed E-state index contributed by atoms with van der Waals surface area (Å²) in [4.78, 5) is 18.1. The monoisotopic (exact) mass is 450 g/mol. The summed E-state index contributed by atoms with van der Waals surface area (Å²) >= 11 is 0. The lowest BCUT2D eigenvalue weighted by Crippen LogP contribution is -2.43. The lowest BCUT2D eigenvalue weighted by Gasteiger charge is -2.21. The van der Waals surface area contributed by atoms with Gasteiger partial charge in [0, 0.05) is 33.7 Å². The summed E-state index contributed by atoms with van der Waals surface area (Å²) in [5.41, 5.74) is 0.672. The number of benzene rings is 1. The number of nitrogens with zero attached hydrogens (tertiary/aromatic N) is 2. The maximum atomic E-state index is 13.1. The highest BCUT2D eigenvalue weighted by atomic mass is 127. The third-order valence-corrected chi connectivity index (χ3v) is 3.40. The predicted molar refractivity (Wildman–Crippen MR) is 107 cm³/mol. The Morgan fingerprint density at radius 2 is 2.00 bits per heavy atom. The van der Waals surface area contributed by atoms with Crippen LogP contribution in [0.25, 0.3) is 0 Å². The first-order valence-corrected chi connectivity index (χ1v) is 7.99. The molecule has 0 fully saturated rings. The van der Waals surface area contributed by atoms with E-state index >= 15 is 0 Å². The van der Waals surface area contributed by atoms with Crippen molar-refractivity contribution >= 4 is 35.8 Å². The molecule has 0 aliphatic carbocycles. The molecule has 0 aromatic heterocycles. The number of nitrogens with one attached hydrogen (secondary N) is 2. The van der Waals surface area contributed by atoms with Crippen molar-refractivity contribution in [2.24, 2.45) is 4.99 Å². The third-order valence-electron chi connectivity index (χ3n) is 3.40. The fourth-order valence-electron chi connectivity index (χ4n) is 2.16. The Hall–Kier alpha value is -1.38. The summed E-state index contributed by atoms with van der Waals surface area (Å²) in [6, 6.07) is 6.09. The molecule has 0 aliphatic heterocycles. The van der Waals surface area contributed by atoms with E-state index in [0.717, 1.165) is 25.3 Å². The fourth-order valence-corrected chi connectivity index (χ4v) is 2.16. The normalized spacial score (nSPS) is 10.8. The zero-order valence-electron chi connectivity index (χ0n) is 14.6. The Morgan fingerprint density at radius 3 is 2.62 bits per heavy atom. The first-order valence-electron chi connectivity index (χ1n) is 7.99. The molecule has 2 N–H and O–H groups in total. The van der Waals surface area contributed by atoms with Crippen LogP contribution >= 0.6 is 24.0 Å². The molecular formula is C17H28FIN4O. The molecule has 0 bridgehead atoms. The van der Waals surface area contributed by atoms with Crippen molar-refractivity contribution in [3.05, 3.63) is 35.6 Å². The molecule has 0 spiro atoms. The van der Waals surface area contributed by atoms with Gasteiger partial charge in [-0.1, -0.05) is 25.5 Å². The topological polar surface area (TPSA) is 56.7 Å². The highest BCUT2D eigenvalue weighted by molar-refractivity contribution is 14.0. The standard InChI is InChI=1S/C17H27FN4O.HI/c1-4-5-11-22(3)17(19-2)21-10-9-20-16(23)13-14-7-6-8-15(18)12-14;/h6-8,12H,4-5,9-11,13H2,1-3H3,(H,19,21)(H,20,23);1H. The second-order valence-corrected chi connectivity index (χ2v) is 5.41. The van der Waals surface area contributed by atoms with Gasteiger partial charge in [-0.15, -0.1) is 24.0 Å². The number of hydrogen-bond donors (Lipinski definition) is 2. The van der Waals surface area contributed by atoms with Crippen molar-refractivity contribution < 1.29 is 9.18 Å². The second-order valence-electron chi connectivity index (χ2n) is 5.41. The highest BCUT2D eigenvalue weighted by Crippen LogP contribution is 2.03. The van der Waals surface area contributed by atoms with Crippen LogP contribution in [-0.4, -0.2) is 50.5 Å². The molecule has 136 valence electrons. The van der Waals surface area contributed by atoms with Crippen molar-refractivity contribution in [1.29, 1.82) is 0 Å². The number of carbonyl (C=O) groups excluding carboxylic acids is 1. The Bertz CT molecular complexity index is 525. The quantitative estimate of drug-likeness (QED) is 0.277. The van der Waals surface area contributed by atoms with Gasteiger partial charge < -0.3 is 15.5 Å². The molecule has 1 rings (SSSR count). The van der Waals surface area contributed by atoms with Crippen LogP contribution in [-0.2, 0) is 11.2 Å². The van der Waals surface area contributed by atoms with E-state index in [1.807, 2.05) is 7.05 Å². The minimum Gasteiger partial charge on any atom is -0.354 e. The lowest BCUT2D eigenvalue weighted by atomic mass is 10.1. The fraction of sp³-hybridized carbons (Fsp3) is 0.529. The van der Waals surface area contributed by atoms with E-state index in [2.05, 4.69) is 27.4 Å². The van der Waals surface area contributed by atoms with Crippen LogP contribution in [0.2, 0.25) is 0 Å². The summed E-state index contributed by atoms with van der Waals surface area (Å²) < 4.78 is 13.1. The van der Waals surface area contributed by atoms with Gasteiger partial charge in [0.1, 0.15) is 5.82 Å². The predicted octanol–water partition coefficient (Wildman–Crippen LogP) is 2.41. The number of aliphatic imine (C=N–C) groups is 1. The Labute approximate surface area is 161 Å². The number of unbranched alkanes of at least 4 members (excludes halogenated alkanes) is 1. The summed E-state index contributed by atoms with van der Waals surface area (Å²) in [6.07, 6.45) is 2.43.